The first-order valence-corrected chi connectivity index (χ1v) is 4.72. The monoisotopic (exact) mass is 155 g/mol. The summed E-state index contributed by atoms with van der Waals surface area (Å²) >= 11 is 0. The highest BCUT2D eigenvalue weighted by atomic mass is 14.9. The summed E-state index contributed by atoms with van der Waals surface area (Å²) in [5.74, 6) is 1.76. The molecular formula is C10H21N. The molecule has 1 nitrogen and oxygen atoms in total. The van der Waals surface area contributed by atoms with E-state index in [1.54, 1.807) is 0 Å². The van der Waals surface area contributed by atoms with Crippen LogP contribution < -0.4 is 5.32 Å². The summed E-state index contributed by atoms with van der Waals surface area (Å²) in [4.78, 5) is 0. The zero-order valence-electron chi connectivity index (χ0n) is 8.28. The maximum atomic E-state index is 3.43. The molecule has 0 aliphatic carbocycles. The zero-order chi connectivity index (χ0) is 8.48. The van der Waals surface area contributed by atoms with E-state index in [0.717, 1.165) is 11.8 Å². The summed E-state index contributed by atoms with van der Waals surface area (Å²) in [6, 6.07) is 0. The van der Waals surface area contributed by atoms with Crippen LogP contribution in [0.1, 0.15) is 34.1 Å². The largest absolute Gasteiger partial charge is 0.316 e. The SMILES string of the molecule is CC(C1CCNC1)C(C)(C)C. The van der Waals surface area contributed by atoms with Gasteiger partial charge in [0.15, 0.2) is 0 Å². The van der Waals surface area contributed by atoms with E-state index in [1.165, 1.54) is 19.5 Å². The molecule has 1 fully saturated rings. The number of hydrogen-bond acceptors (Lipinski definition) is 1. The van der Waals surface area contributed by atoms with E-state index < -0.39 is 0 Å². The molecule has 1 aliphatic heterocycles. The van der Waals surface area contributed by atoms with E-state index >= 15 is 0 Å². The van der Waals surface area contributed by atoms with E-state index in [0.29, 0.717) is 5.41 Å². The molecule has 0 aromatic carbocycles. The van der Waals surface area contributed by atoms with Gasteiger partial charge in [-0.15, -0.1) is 0 Å². The molecule has 1 heterocycles. The van der Waals surface area contributed by atoms with Crippen molar-refractivity contribution in [3.8, 4) is 0 Å². The summed E-state index contributed by atoms with van der Waals surface area (Å²) < 4.78 is 0. The van der Waals surface area contributed by atoms with Gasteiger partial charge in [-0.05, 0) is 36.8 Å². The second kappa shape index (κ2) is 3.14. The summed E-state index contributed by atoms with van der Waals surface area (Å²) in [5.41, 5.74) is 0.483. The molecule has 2 atom stereocenters. The van der Waals surface area contributed by atoms with Gasteiger partial charge in [0, 0.05) is 0 Å². The highest BCUT2D eigenvalue weighted by Gasteiger charge is 2.29. The Balaban J connectivity index is 2.46. The lowest BCUT2D eigenvalue weighted by molar-refractivity contribution is 0.187. The lowest BCUT2D eigenvalue weighted by atomic mass is 9.74. The highest BCUT2D eigenvalue weighted by Crippen LogP contribution is 2.34. The first-order valence-electron chi connectivity index (χ1n) is 4.72. The van der Waals surface area contributed by atoms with Gasteiger partial charge in [-0.25, -0.2) is 0 Å². The Kier molecular flexibility index (Phi) is 2.58. The lowest BCUT2D eigenvalue weighted by Gasteiger charge is -2.31. The molecule has 0 spiro atoms. The van der Waals surface area contributed by atoms with E-state index in [9.17, 15) is 0 Å². The molecule has 0 bridgehead atoms. The maximum Gasteiger partial charge on any atom is -0.00173 e. The van der Waals surface area contributed by atoms with E-state index in [1.807, 2.05) is 0 Å². The molecule has 1 aliphatic rings. The predicted octanol–water partition coefficient (Wildman–Crippen LogP) is 2.28. The molecule has 1 rings (SSSR count). The van der Waals surface area contributed by atoms with Crippen LogP contribution in [0.3, 0.4) is 0 Å². The van der Waals surface area contributed by atoms with Crippen molar-refractivity contribution in [1.29, 1.82) is 0 Å². The van der Waals surface area contributed by atoms with Gasteiger partial charge in [-0.1, -0.05) is 27.7 Å². The van der Waals surface area contributed by atoms with Crippen molar-refractivity contribution in [2.45, 2.75) is 34.1 Å². The highest BCUT2D eigenvalue weighted by molar-refractivity contribution is 4.82. The summed E-state index contributed by atoms with van der Waals surface area (Å²) in [7, 11) is 0. The van der Waals surface area contributed by atoms with Gasteiger partial charge in [-0.3, -0.25) is 0 Å². The van der Waals surface area contributed by atoms with Crippen molar-refractivity contribution >= 4 is 0 Å². The average Bonchev–Trinajstić information content (AvgIpc) is 2.34. The number of hydrogen-bond donors (Lipinski definition) is 1. The zero-order valence-corrected chi connectivity index (χ0v) is 8.28. The molecule has 0 amide bonds. The van der Waals surface area contributed by atoms with Crippen molar-refractivity contribution in [1.82, 2.24) is 5.32 Å². The molecule has 1 N–H and O–H groups in total. The van der Waals surface area contributed by atoms with Gasteiger partial charge in [0.25, 0.3) is 0 Å². The molecule has 0 aromatic heterocycles. The normalized spacial score (nSPS) is 28.9. The quantitative estimate of drug-likeness (QED) is 0.612. The molecule has 1 saturated heterocycles. The van der Waals surface area contributed by atoms with Gasteiger partial charge in [0.05, 0.1) is 0 Å². The lowest BCUT2D eigenvalue weighted by Crippen LogP contribution is -2.27. The molecule has 2 unspecified atom stereocenters. The van der Waals surface area contributed by atoms with Crippen LogP contribution in [0.2, 0.25) is 0 Å². The fourth-order valence-corrected chi connectivity index (χ4v) is 1.81. The van der Waals surface area contributed by atoms with Crippen LogP contribution in [0, 0.1) is 17.3 Å². The smallest absolute Gasteiger partial charge is 0.00173 e. The summed E-state index contributed by atoms with van der Waals surface area (Å²) in [5, 5.41) is 3.43. The Morgan fingerprint density at radius 2 is 2.00 bits per heavy atom. The van der Waals surface area contributed by atoms with Gasteiger partial charge >= 0.3 is 0 Å². The summed E-state index contributed by atoms with van der Waals surface area (Å²) in [6.07, 6.45) is 1.37. The third-order valence-electron chi connectivity index (χ3n) is 3.17. The molecule has 11 heavy (non-hydrogen) atoms. The molecule has 1 heteroatoms. The van der Waals surface area contributed by atoms with E-state index in [4.69, 9.17) is 0 Å². The van der Waals surface area contributed by atoms with Crippen molar-refractivity contribution in [3.63, 3.8) is 0 Å². The molecule has 0 aromatic rings. The van der Waals surface area contributed by atoms with E-state index in [2.05, 4.69) is 33.0 Å². The number of nitrogens with one attached hydrogen (secondary N) is 1. The molecule has 0 saturated carbocycles. The molecule has 66 valence electrons. The number of rotatable bonds is 1. The van der Waals surface area contributed by atoms with Crippen LogP contribution in [-0.2, 0) is 0 Å². The fourth-order valence-electron chi connectivity index (χ4n) is 1.81. The third-order valence-corrected chi connectivity index (χ3v) is 3.17. The minimum atomic E-state index is 0.483. The van der Waals surface area contributed by atoms with Crippen LogP contribution in [0.25, 0.3) is 0 Å². The van der Waals surface area contributed by atoms with E-state index in [-0.39, 0.29) is 0 Å². The Bertz CT molecular complexity index is 117. The van der Waals surface area contributed by atoms with Crippen LogP contribution in [0.15, 0.2) is 0 Å². The van der Waals surface area contributed by atoms with Gasteiger partial charge in [0.2, 0.25) is 0 Å². The Hall–Kier alpha value is -0.0400. The average molecular weight is 155 g/mol. The topological polar surface area (TPSA) is 12.0 Å². The molecule has 0 radical (unpaired) electrons. The van der Waals surface area contributed by atoms with Crippen molar-refractivity contribution in [2.75, 3.05) is 13.1 Å². The second-order valence-corrected chi connectivity index (χ2v) is 4.91. The van der Waals surface area contributed by atoms with Gasteiger partial charge < -0.3 is 5.32 Å². The van der Waals surface area contributed by atoms with Gasteiger partial charge in [-0.2, -0.15) is 0 Å². The second-order valence-electron chi connectivity index (χ2n) is 4.91. The first kappa shape index (κ1) is 9.05. The predicted molar refractivity (Wildman–Crippen MR) is 49.6 cm³/mol. The first-order chi connectivity index (χ1) is 5.02. The Morgan fingerprint density at radius 3 is 2.36 bits per heavy atom. The Morgan fingerprint density at radius 1 is 1.36 bits per heavy atom. The minimum Gasteiger partial charge on any atom is -0.316 e. The van der Waals surface area contributed by atoms with Crippen LogP contribution in [0.5, 0.6) is 0 Å². The third kappa shape index (κ3) is 2.19. The minimum absolute atomic E-state index is 0.483. The van der Waals surface area contributed by atoms with Gasteiger partial charge in [0.1, 0.15) is 0 Å². The van der Waals surface area contributed by atoms with Crippen molar-refractivity contribution in [3.05, 3.63) is 0 Å². The Labute approximate surface area is 70.6 Å². The van der Waals surface area contributed by atoms with Crippen LogP contribution in [0.4, 0.5) is 0 Å². The standard InChI is InChI=1S/C10H21N/c1-8(10(2,3)4)9-5-6-11-7-9/h8-9,11H,5-7H2,1-4H3. The maximum absolute atomic E-state index is 3.43. The molecular weight excluding hydrogens is 134 g/mol. The van der Waals surface area contributed by atoms with Crippen LogP contribution >= 0.6 is 0 Å². The fraction of sp³-hybridized carbons (Fsp3) is 1.00. The van der Waals surface area contributed by atoms with Crippen molar-refractivity contribution < 1.29 is 0 Å². The van der Waals surface area contributed by atoms with Crippen molar-refractivity contribution in [2.24, 2.45) is 17.3 Å². The summed E-state index contributed by atoms with van der Waals surface area (Å²) in [6.45, 7) is 11.9. The van der Waals surface area contributed by atoms with Crippen LogP contribution in [-0.4, -0.2) is 13.1 Å².